The molecule has 0 aromatic heterocycles. The number of nitrogens with one attached hydrogen (secondary N) is 1. The van der Waals surface area contributed by atoms with Crippen LogP contribution in [0.15, 0.2) is 0 Å². The van der Waals surface area contributed by atoms with Crippen LogP contribution in [0.25, 0.3) is 0 Å². The molecule has 5 heteroatoms. The summed E-state index contributed by atoms with van der Waals surface area (Å²) in [6.45, 7) is 9.66. The largest absolute Gasteiger partial charge is 0.341 e. The third-order valence-electron chi connectivity index (χ3n) is 3.24. The second-order valence-electron chi connectivity index (χ2n) is 5.55. The molecule has 0 aromatic rings. The van der Waals surface area contributed by atoms with Crippen LogP contribution in [0.2, 0.25) is 0 Å². The molecule has 1 N–H and O–H groups in total. The van der Waals surface area contributed by atoms with Crippen molar-refractivity contribution in [3.05, 3.63) is 0 Å². The monoisotopic (exact) mass is 269 g/mol. The summed E-state index contributed by atoms with van der Waals surface area (Å²) in [7, 11) is 0. The van der Waals surface area contributed by atoms with E-state index >= 15 is 0 Å². The van der Waals surface area contributed by atoms with Crippen molar-refractivity contribution in [2.45, 2.75) is 40.0 Å². The van der Waals surface area contributed by atoms with Gasteiger partial charge in [0.2, 0.25) is 5.91 Å². The smallest absolute Gasteiger partial charge is 0.317 e. The third kappa shape index (κ3) is 5.49. The zero-order valence-corrected chi connectivity index (χ0v) is 12.4. The highest BCUT2D eigenvalue weighted by Gasteiger charge is 2.21. The fraction of sp³-hybridized carbons (Fsp3) is 0.857. The van der Waals surface area contributed by atoms with Gasteiger partial charge in [-0.25, -0.2) is 4.79 Å². The summed E-state index contributed by atoms with van der Waals surface area (Å²) in [6.07, 6.45) is 2.41. The van der Waals surface area contributed by atoms with E-state index in [1.165, 1.54) is 0 Å². The van der Waals surface area contributed by atoms with Gasteiger partial charge in [0.25, 0.3) is 0 Å². The maximum atomic E-state index is 12.0. The molecule has 1 saturated heterocycles. The van der Waals surface area contributed by atoms with Crippen molar-refractivity contribution in [1.82, 2.24) is 15.1 Å². The number of rotatable bonds is 4. The van der Waals surface area contributed by atoms with Gasteiger partial charge >= 0.3 is 6.03 Å². The molecule has 0 atom stereocenters. The number of carbonyl (C=O) groups is 2. The molecule has 0 unspecified atom stereocenters. The molecular formula is C14H27N3O2. The lowest BCUT2D eigenvalue weighted by molar-refractivity contribution is -0.131. The summed E-state index contributed by atoms with van der Waals surface area (Å²) in [5, 5.41) is 2.89. The zero-order valence-electron chi connectivity index (χ0n) is 12.4. The van der Waals surface area contributed by atoms with E-state index in [0.29, 0.717) is 32.0 Å². The molecule has 1 rings (SSSR count). The van der Waals surface area contributed by atoms with Gasteiger partial charge in [-0.15, -0.1) is 0 Å². The van der Waals surface area contributed by atoms with Gasteiger partial charge in [-0.3, -0.25) is 4.79 Å². The van der Waals surface area contributed by atoms with Crippen molar-refractivity contribution in [1.29, 1.82) is 0 Å². The van der Waals surface area contributed by atoms with E-state index in [1.54, 1.807) is 0 Å². The fourth-order valence-corrected chi connectivity index (χ4v) is 2.19. The first-order chi connectivity index (χ1) is 9.04. The molecule has 0 spiro atoms. The number of nitrogens with zero attached hydrogens (tertiary/aromatic N) is 2. The van der Waals surface area contributed by atoms with Gasteiger partial charge in [0.05, 0.1) is 0 Å². The van der Waals surface area contributed by atoms with Gasteiger partial charge in [-0.2, -0.15) is 0 Å². The van der Waals surface area contributed by atoms with Crippen molar-refractivity contribution in [3.8, 4) is 0 Å². The Bertz CT molecular complexity index is 305. The van der Waals surface area contributed by atoms with E-state index < -0.39 is 0 Å². The molecule has 110 valence electrons. The van der Waals surface area contributed by atoms with E-state index in [0.717, 1.165) is 25.9 Å². The molecule has 19 heavy (non-hydrogen) atoms. The minimum Gasteiger partial charge on any atom is -0.341 e. The second kappa shape index (κ2) is 8.02. The van der Waals surface area contributed by atoms with Gasteiger partial charge in [-0.1, -0.05) is 20.8 Å². The summed E-state index contributed by atoms with van der Waals surface area (Å²) >= 11 is 0. The van der Waals surface area contributed by atoms with Crippen molar-refractivity contribution < 1.29 is 9.59 Å². The highest BCUT2D eigenvalue weighted by Crippen LogP contribution is 2.08. The van der Waals surface area contributed by atoms with E-state index in [2.05, 4.69) is 19.2 Å². The number of urea groups is 1. The molecule has 1 heterocycles. The molecule has 0 aromatic carbocycles. The fourth-order valence-electron chi connectivity index (χ4n) is 2.19. The molecular weight excluding hydrogens is 242 g/mol. The predicted octanol–water partition coefficient (Wildman–Crippen LogP) is 1.69. The van der Waals surface area contributed by atoms with Crippen molar-refractivity contribution in [2.75, 3.05) is 32.7 Å². The van der Waals surface area contributed by atoms with Crippen LogP contribution >= 0.6 is 0 Å². The van der Waals surface area contributed by atoms with Crippen LogP contribution in [-0.4, -0.2) is 54.5 Å². The number of carbonyl (C=O) groups excluding carboxylic acids is 2. The van der Waals surface area contributed by atoms with E-state index in [4.69, 9.17) is 0 Å². The molecule has 0 aliphatic carbocycles. The average molecular weight is 269 g/mol. The minimum absolute atomic E-state index is 0.00000793. The minimum atomic E-state index is 0.00000793. The van der Waals surface area contributed by atoms with Gasteiger partial charge in [0, 0.05) is 39.1 Å². The highest BCUT2D eigenvalue weighted by atomic mass is 16.2. The number of hydrogen-bond acceptors (Lipinski definition) is 2. The Morgan fingerprint density at radius 3 is 2.37 bits per heavy atom. The second-order valence-corrected chi connectivity index (χ2v) is 5.55. The molecule has 1 aliphatic heterocycles. The predicted molar refractivity (Wildman–Crippen MR) is 75.9 cm³/mol. The Hall–Kier alpha value is -1.26. The SMILES string of the molecule is CCCNC(=O)N1CCCN(C(=O)CC(C)C)CC1. The zero-order chi connectivity index (χ0) is 14.3. The van der Waals surface area contributed by atoms with Crippen LogP contribution in [0.3, 0.4) is 0 Å². The summed E-state index contributed by atoms with van der Waals surface area (Å²) in [6, 6.07) is 0.00000793. The Morgan fingerprint density at radius 2 is 1.74 bits per heavy atom. The molecule has 0 radical (unpaired) electrons. The van der Waals surface area contributed by atoms with E-state index in [9.17, 15) is 9.59 Å². The maximum absolute atomic E-state index is 12.0. The molecule has 3 amide bonds. The Kier molecular flexibility index (Phi) is 6.67. The van der Waals surface area contributed by atoms with Gasteiger partial charge in [0.1, 0.15) is 0 Å². The van der Waals surface area contributed by atoms with Gasteiger partial charge in [-0.05, 0) is 18.8 Å². The van der Waals surface area contributed by atoms with Gasteiger partial charge in [0.15, 0.2) is 0 Å². The first kappa shape index (κ1) is 15.8. The standard InChI is InChI=1S/C14H27N3O2/c1-4-6-15-14(19)17-8-5-7-16(9-10-17)13(18)11-12(2)3/h12H,4-11H2,1-3H3,(H,15,19). The summed E-state index contributed by atoms with van der Waals surface area (Å²) < 4.78 is 0. The van der Waals surface area contributed by atoms with Crippen LogP contribution in [0.1, 0.15) is 40.0 Å². The Balaban J connectivity index is 2.42. The van der Waals surface area contributed by atoms with Crippen molar-refractivity contribution in [2.24, 2.45) is 5.92 Å². The molecule has 1 fully saturated rings. The third-order valence-corrected chi connectivity index (χ3v) is 3.24. The van der Waals surface area contributed by atoms with Crippen LogP contribution in [-0.2, 0) is 4.79 Å². The Labute approximate surface area is 116 Å². The molecule has 5 nitrogen and oxygen atoms in total. The lowest BCUT2D eigenvalue weighted by Crippen LogP contribution is -2.42. The normalized spacial score (nSPS) is 16.4. The van der Waals surface area contributed by atoms with Crippen LogP contribution in [0.5, 0.6) is 0 Å². The first-order valence-corrected chi connectivity index (χ1v) is 7.35. The average Bonchev–Trinajstić information content (AvgIpc) is 2.60. The first-order valence-electron chi connectivity index (χ1n) is 7.35. The topological polar surface area (TPSA) is 52.7 Å². The number of hydrogen-bond donors (Lipinski definition) is 1. The lowest BCUT2D eigenvalue weighted by Gasteiger charge is -2.23. The summed E-state index contributed by atoms with van der Waals surface area (Å²) in [4.78, 5) is 27.6. The van der Waals surface area contributed by atoms with Crippen LogP contribution < -0.4 is 5.32 Å². The van der Waals surface area contributed by atoms with Crippen LogP contribution in [0, 0.1) is 5.92 Å². The van der Waals surface area contributed by atoms with E-state index in [1.807, 2.05) is 16.7 Å². The molecule has 1 aliphatic rings. The van der Waals surface area contributed by atoms with Crippen molar-refractivity contribution >= 4 is 11.9 Å². The van der Waals surface area contributed by atoms with E-state index in [-0.39, 0.29) is 11.9 Å². The Morgan fingerprint density at radius 1 is 1.11 bits per heavy atom. The van der Waals surface area contributed by atoms with Crippen LogP contribution in [0.4, 0.5) is 4.79 Å². The summed E-state index contributed by atoms with van der Waals surface area (Å²) in [5.74, 6) is 0.602. The molecule has 0 saturated carbocycles. The quantitative estimate of drug-likeness (QED) is 0.844. The lowest BCUT2D eigenvalue weighted by atomic mass is 10.1. The van der Waals surface area contributed by atoms with Crippen molar-refractivity contribution in [3.63, 3.8) is 0 Å². The summed E-state index contributed by atoms with van der Waals surface area (Å²) in [5.41, 5.74) is 0. The van der Waals surface area contributed by atoms with Gasteiger partial charge < -0.3 is 15.1 Å². The highest BCUT2D eigenvalue weighted by molar-refractivity contribution is 5.77. The molecule has 0 bridgehead atoms. The number of amides is 3. The maximum Gasteiger partial charge on any atom is 0.317 e.